The van der Waals surface area contributed by atoms with Crippen molar-refractivity contribution in [3.05, 3.63) is 23.9 Å². The molecule has 1 unspecified atom stereocenters. The highest BCUT2D eigenvalue weighted by Gasteiger charge is 2.32. The lowest BCUT2D eigenvalue weighted by atomic mass is 9.93. The van der Waals surface area contributed by atoms with Crippen LogP contribution in [0.2, 0.25) is 0 Å². The number of carbonyl (C=O) groups is 1. The smallest absolute Gasteiger partial charge is 0.224 e. The van der Waals surface area contributed by atoms with E-state index in [0.717, 1.165) is 57.7 Å². The van der Waals surface area contributed by atoms with E-state index in [-0.39, 0.29) is 11.8 Å². The van der Waals surface area contributed by atoms with Gasteiger partial charge in [-0.15, -0.1) is 0 Å². The number of hydrogen-bond acceptors (Lipinski definition) is 6. The van der Waals surface area contributed by atoms with Gasteiger partial charge < -0.3 is 15.0 Å². The van der Waals surface area contributed by atoms with Gasteiger partial charge in [0.15, 0.2) is 0 Å². The lowest BCUT2D eigenvalue weighted by Crippen LogP contribution is -2.51. The van der Waals surface area contributed by atoms with Gasteiger partial charge in [0.25, 0.3) is 0 Å². The Morgan fingerprint density at radius 3 is 2.93 bits per heavy atom. The first kappa shape index (κ1) is 19.6. The van der Waals surface area contributed by atoms with Crippen molar-refractivity contribution in [1.82, 2.24) is 15.2 Å². The largest absolute Gasteiger partial charge is 0.383 e. The Bertz CT molecular complexity index is 667. The third-order valence-electron chi connectivity index (χ3n) is 5.62. The lowest BCUT2D eigenvalue weighted by molar-refractivity contribution is -0.127. The average Bonchev–Trinajstić information content (AvgIpc) is 2.74. The first-order chi connectivity index (χ1) is 13.2. The van der Waals surface area contributed by atoms with Crippen LogP contribution >= 0.6 is 0 Å². The van der Waals surface area contributed by atoms with E-state index >= 15 is 0 Å². The highest BCUT2D eigenvalue weighted by molar-refractivity contribution is 5.78. The van der Waals surface area contributed by atoms with E-state index in [1.54, 1.807) is 19.4 Å². The number of hydrogen-bond donors (Lipinski definition) is 1. The van der Waals surface area contributed by atoms with E-state index in [1.165, 1.54) is 0 Å². The van der Waals surface area contributed by atoms with E-state index in [2.05, 4.69) is 26.2 Å². The van der Waals surface area contributed by atoms with E-state index in [4.69, 9.17) is 4.74 Å². The number of ether oxygens (including phenoxy) is 1. The molecule has 3 rings (SSSR count). The lowest BCUT2D eigenvalue weighted by Gasteiger charge is -2.42. The van der Waals surface area contributed by atoms with Crippen LogP contribution in [0.5, 0.6) is 0 Å². The Kier molecular flexibility index (Phi) is 7.02. The van der Waals surface area contributed by atoms with Crippen molar-refractivity contribution in [2.45, 2.75) is 31.7 Å². The molecule has 1 atom stereocenters. The van der Waals surface area contributed by atoms with Crippen molar-refractivity contribution < 1.29 is 9.53 Å². The summed E-state index contributed by atoms with van der Waals surface area (Å²) in [7, 11) is 1.64. The summed E-state index contributed by atoms with van der Waals surface area (Å²) in [5.41, 5.74) is 0.640. The zero-order valence-corrected chi connectivity index (χ0v) is 16.1. The summed E-state index contributed by atoms with van der Waals surface area (Å²) in [5, 5.41) is 12.3. The number of nitrogens with zero attached hydrogens (tertiary/aromatic N) is 4. The van der Waals surface area contributed by atoms with Crippen LogP contribution in [-0.4, -0.2) is 68.3 Å². The molecule has 2 saturated heterocycles. The summed E-state index contributed by atoms with van der Waals surface area (Å²) in [5.74, 6) is 1.03. The number of pyridine rings is 1. The quantitative estimate of drug-likeness (QED) is 0.761. The normalized spacial score (nSPS) is 21.6. The van der Waals surface area contributed by atoms with Gasteiger partial charge in [-0.2, -0.15) is 5.26 Å². The van der Waals surface area contributed by atoms with E-state index in [1.807, 2.05) is 6.07 Å². The summed E-state index contributed by atoms with van der Waals surface area (Å²) in [6, 6.07) is 6.37. The van der Waals surface area contributed by atoms with Crippen molar-refractivity contribution in [2.75, 3.05) is 51.3 Å². The standard InChI is InChI=1S/C20H29N5O2/c1-27-13-9-23-20(26)17-5-3-10-25(15-17)18-6-11-24(12-7-18)19-16(14-21)4-2-8-22-19/h2,4,8,17-18H,3,5-7,9-13,15H2,1H3,(H,23,26). The number of amides is 1. The van der Waals surface area contributed by atoms with Crippen LogP contribution < -0.4 is 10.2 Å². The fraction of sp³-hybridized carbons (Fsp3) is 0.650. The topological polar surface area (TPSA) is 81.5 Å². The molecule has 2 fully saturated rings. The summed E-state index contributed by atoms with van der Waals surface area (Å²) < 4.78 is 5.00. The van der Waals surface area contributed by atoms with Gasteiger partial charge in [0.1, 0.15) is 11.9 Å². The average molecular weight is 371 g/mol. The third-order valence-corrected chi connectivity index (χ3v) is 5.62. The molecule has 1 amide bonds. The van der Waals surface area contributed by atoms with Crippen LogP contribution in [0, 0.1) is 17.2 Å². The maximum absolute atomic E-state index is 12.4. The van der Waals surface area contributed by atoms with Gasteiger partial charge in [-0.1, -0.05) is 0 Å². The van der Waals surface area contributed by atoms with E-state index in [0.29, 0.717) is 24.8 Å². The zero-order chi connectivity index (χ0) is 19.1. The molecule has 0 bridgehead atoms. The fourth-order valence-corrected chi connectivity index (χ4v) is 4.15. The first-order valence-electron chi connectivity index (χ1n) is 9.83. The Hall–Kier alpha value is -2.17. The Balaban J connectivity index is 1.52. The van der Waals surface area contributed by atoms with Gasteiger partial charge in [-0.3, -0.25) is 9.69 Å². The number of piperidine rings is 2. The van der Waals surface area contributed by atoms with Crippen molar-refractivity contribution in [2.24, 2.45) is 5.92 Å². The maximum atomic E-state index is 12.4. The molecule has 7 heteroatoms. The van der Waals surface area contributed by atoms with Gasteiger partial charge in [-0.25, -0.2) is 4.98 Å². The fourth-order valence-electron chi connectivity index (χ4n) is 4.15. The van der Waals surface area contributed by atoms with Crippen LogP contribution in [0.4, 0.5) is 5.82 Å². The van der Waals surface area contributed by atoms with Crippen molar-refractivity contribution >= 4 is 11.7 Å². The third kappa shape index (κ3) is 4.96. The predicted octanol–water partition coefficient (Wildman–Crippen LogP) is 1.40. The molecule has 0 radical (unpaired) electrons. The van der Waals surface area contributed by atoms with Crippen LogP contribution in [0.3, 0.4) is 0 Å². The van der Waals surface area contributed by atoms with Crippen LogP contribution in [-0.2, 0) is 9.53 Å². The van der Waals surface area contributed by atoms with Crippen molar-refractivity contribution in [1.29, 1.82) is 5.26 Å². The van der Waals surface area contributed by atoms with Crippen molar-refractivity contribution in [3.8, 4) is 6.07 Å². The Morgan fingerprint density at radius 2 is 2.19 bits per heavy atom. The number of nitriles is 1. The minimum atomic E-state index is 0.0783. The second kappa shape index (κ2) is 9.67. The monoisotopic (exact) mass is 371 g/mol. The highest BCUT2D eigenvalue weighted by Crippen LogP contribution is 2.27. The summed E-state index contributed by atoms with van der Waals surface area (Å²) >= 11 is 0. The SMILES string of the molecule is COCCNC(=O)C1CCCN(C2CCN(c3ncccc3C#N)CC2)C1. The van der Waals surface area contributed by atoms with Crippen LogP contribution in [0.15, 0.2) is 18.3 Å². The van der Waals surface area contributed by atoms with Gasteiger partial charge in [-0.05, 0) is 44.4 Å². The Morgan fingerprint density at radius 1 is 1.37 bits per heavy atom. The molecular formula is C20H29N5O2. The molecule has 1 aromatic heterocycles. The number of rotatable bonds is 6. The number of nitrogens with one attached hydrogen (secondary N) is 1. The second-order valence-corrected chi connectivity index (χ2v) is 7.32. The number of likely N-dealkylation sites (tertiary alicyclic amines) is 1. The molecule has 3 heterocycles. The molecule has 146 valence electrons. The maximum Gasteiger partial charge on any atom is 0.224 e. The number of methoxy groups -OCH3 is 1. The molecule has 0 aromatic carbocycles. The molecule has 1 N–H and O–H groups in total. The number of aromatic nitrogens is 1. The predicted molar refractivity (Wildman–Crippen MR) is 103 cm³/mol. The first-order valence-corrected chi connectivity index (χ1v) is 9.83. The zero-order valence-electron chi connectivity index (χ0n) is 16.1. The van der Waals surface area contributed by atoms with Gasteiger partial charge in [0, 0.05) is 45.5 Å². The van der Waals surface area contributed by atoms with Gasteiger partial charge >= 0.3 is 0 Å². The minimum Gasteiger partial charge on any atom is -0.383 e. The summed E-state index contributed by atoms with van der Waals surface area (Å²) in [4.78, 5) is 21.5. The molecule has 27 heavy (non-hydrogen) atoms. The highest BCUT2D eigenvalue weighted by atomic mass is 16.5. The molecule has 7 nitrogen and oxygen atoms in total. The summed E-state index contributed by atoms with van der Waals surface area (Å²) in [6.07, 6.45) is 5.87. The molecule has 0 spiro atoms. The number of anilines is 1. The van der Waals surface area contributed by atoms with E-state index in [9.17, 15) is 10.1 Å². The van der Waals surface area contributed by atoms with Gasteiger partial charge in [0.2, 0.25) is 5.91 Å². The molecule has 0 aliphatic carbocycles. The van der Waals surface area contributed by atoms with Gasteiger partial charge in [0.05, 0.1) is 18.1 Å². The molecule has 0 saturated carbocycles. The van der Waals surface area contributed by atoms with Crippen molar-refractivity contribution in [3.63, 3.8) is 0 Å². The molecule has 2 aliphatic rings. The van der Waals surface area contributed by atoms with E-state index < -0.39 is 0 Å². The number of carbonyl (C=O) groups excluding carboxylic acids is 1. The molecule has 2 aliphatic heterocycles. The van der Waals surface area contributed by atoms with Crippen LogP contribution in [0.25, 0.3) is 0 Å². The summed E-state index contributed by atoms with van der Waals surface area (Å²) in [6.45, 7) is 4.85. The minimum absolute atomic E-state index is 0.0783. The second-order valence-electron chi connectivity index (χ2n) is 7.32. The Labute approximate surface area is 161 Å². The van der Waals surface area contributed by atoms with Crippen LogP contribution in [0.1, 0.15) is 31.2 Å². The molecule has 1 aromatic rings. The molecular weight excluding hydrogens is 342 g/mol.